The van der Waals surface area contributed by atoms with E-state index in [1.54, 1.807) is 36.0 Å². The van der Waals surface area contributed by atoms with Crippen LogP contribution in [0.1, 0.15) is 89.9 Å². The van der Waals surface area contributed by atoms with Gasteiger partial charge in [-0.15, -0.1) is 11.8 Å². The third-order valence-corrected chi connectivity index (χ3v) is 15.0. The smallest absolute Gasteiger partial charge is 0.264 e. The first-order chi connectivity index (χ1) is 37.4. The lowest BCUT2D eigenvalue weighted by molar-refractivity contribution is -0.160. The van der Waals surface area contributed by atoms with Crippen LogP contribution in [0, 0.1) is 6.92 Å². The maximum atomic E-state index is 13.0. The summed E-state index contributed by atoms with van der Waals surface area (Å²) in [5, 5.41) is -0.492. The van der Waals surface area contributed by atoms with Crippen LogP contribution in [0.4, 0.5) is 0 Å². The van der Waals surface area contributed by atoms with Gasteiger partial charge in [-0.25, -0.2) is 4.90 Å². The molecule has 0 radical (unpaired) electrons. The second-order valence-corrected chi connectivity index (χ2v) is 20.0. The summed E-state index contributed by atoms with van der Waals surface area (Å²) in [5.74, 6) is 0.607. The number of imide groups is 1. The van der Waals surface area contributed by atoms with Crippen LogP contribution < -0.4 is 9.47 Å². The molecule has 388 valence electrons. The zero-order valence-corrected chi connectivity index (χ0v) is 44.2. The molecule has 1 fully saturated rings. The normalized spacial score (nSPS) is 17.9. The van der Waals surface area contributed by atoms with Crippen molar-refractivity contribution in [2.75, 3.05) is 13.3 Å². The molecular weight excluding hydrogens is 967 g/mol. The minimum Gasteiger partial charge on any atom is -0.489 e. The molecule has 10 heteroatoms. The first-order valence-corrected chi connectivity index (χ1v) is 27.1. The number of benzene rings is 8. The second kappa shape index (κ2) is 27.0. The number of thioether (sulfide) groups is 1. The first-order valence-electron chi connectivity index (χ1n) is 26.1. The van der Waals surface area contributed by atoms with Crippen molar-refractivity contribution in [3.05, 3.63) is 274 Å². The zero-order valence-electron chi connectivity index (χ0n) is 43.4. The molecule has 2 aliphatic heterocycles. The van der Waals surface area contributed by atoms with Crippen LogP contribution in [0.3, 0.4) is 0 Å². The van der Waals surface area contributed by atoms with E-state index in [9.17, 15) is 9.59 Å². The summed E-state index contributed by atoms with van der Waals surface area (Å²) in [7, 11) is 0. The van der Waals surface area contributed by atoms with Crippen LogP contribution in [-0.4, -0.2) is 53.6 Å². The fourth-order valence-electron chi connectivity index (χ4n) is 9.48. The summed E-state index contributed by atoms with van der Waals surface area (Å²) >= 11 is 1.80. The quantitative estimate of drug-likeness (QED) is 0.0615. The Morgan fingerprint density at radius 1 is 0.461 bits per heavy atom. The third kappa shape index (κ3) is 13.7. The van der Waals surface area contributed by atoms with Crippen LogP contribution in [-0.2, 0) is 58.4 Å². The molecular formula is C66H65NO8S. The summed E-state index contributed by atoms with van der Waals surface area (Å²) in [5.41, 5.74) is 10.3. The van der Waals surface area contributed by atoms with E-state index in [0.717, 1.165) is 60.7 Å². The van der Waals surface area contributed by atoms with Crippen molar-refractivity contribution < 1.29 is 38.0 Å². The lowest BCUT2D eigenvalue weighted by Gasteiger charge is -2.46. The van der Waals surface area contributed by atoms with Crippen molar-refractivity contribution in [1.82, 2.24) is 4.90 Å². The number of nitrogens with zero attached hydrogens (tertiary/aromatic N) is 1. The van der Waals surface area contributed by atoms with Crippen LogP contribution in [0.25, 0.3) is 0 Å². The molecule has 2 heterocycles. The van der Waals surface area contributed by atoms with Gasteiger partial charge in [-0.2, -0.15) is 0 Å². The van der Waals surface area contributed by atoms with Gasteiger partial charge < -0.3 is 28.4 Å². The van der Waals surface area contributed by atoms with Gasteiger partial charge in [-0.3, -0.25) is 9.59 Å². The molecule has 8 aromatic carbocycles. The van der Waals surface area contributed by atoms with Crippen molar-refractivity contribution in [1.29, 1.82) is 0 Å². The fraction of sp³-hybridized carbons (Fsp3) is 0.242. The Kier molecular flexibility index (Phi) is 19.0. The lowest BCUT2D eigenvalue weighted by atomic mass is 9.91. The van der Waals surface area contributed by atoms with Crippen molar-refractivity contribution in [2.45, 2.75) is 89.0 Å². The van der Waals surface area contributed by atoms with E-state index in [1.807, 2.05) is 129 Å². The van der Waals surface area contributed by atoms with Crippen LogP contribution >= 0.6 is 11.8 Å². The summed E-state index contributed by atoms with van der Waals surface area (Å²) in [6, 6.07) is 70.4. The molecule has 0 aromatic heterocycles. The molecule has 10 rings (SSSR count). The topological polar surface area (TPSA) is 92.8 Å². The number of rotatable bonds is 22. The van der Waals surface area contributed by atoms with Gasteiger partial charge in [0.05, 0.1) is 54.7 Å². The largest absolute Gasteiger partial charge is 0.489 e. The predicted octanol–water partition coefficient (Wildman–Crippen LogP) is 14.0. The Bertz CT molecular complexity index is 3040. The molecule has 1 saturated heterocycles. The summed E-state index contributed by atoms with van der Waals surface area (Å²) < 4.78 is 41.2. The maximum absolute atomic E-state index is 13.0. The Balaban J connectivity index is 0.00000349. The average molecular weight is 1030 g/mol. The molecule has 0 spiro atoms. The predicted molar refractivity (Wildman–Crippen MR) is 300 cm³/mol. The van der Waals surface area contributed by atoms with Gasteiger partial charge >= 0.3 is 0 Å². The van der Waals surface area contributed by atoms with Crippen LogP contribution in [0.15, 0.2) is 212 Å². The van der Waals surface area contributed by atoms with Crippen molar-refractivity contribution in [2.24, 2.45) is 0 Å². The number of aryl methyl sites for hydroxylation is 1. The number of carbonyl (C=O) groups excluding carboxylic acids is 2. The van der Waals surface area contributed by atoms with Gasteiger partial charge in [0, 0.05) is 5.56 Å². The molecule has 8 aromatic rings. The van der Waals surface area contributed by atoms with E-state index in [4.69, 9.17) is 28.4 Å². The highest BCUT2D eigenvalue weighted by molar-refractivity contribution is 8.00. The van der Waals surface area contributed by atoms with Gasteiger partial charge in [-0.05, 0) is 88.2 Å². The highest BCUT2D eigenvalue weighted by Crippen LogP contribution is 2.50. The third-order valence-electron chi connectivity index (χ3n) is 13.5. The van der Waals surface area contributed by atoms with E-state index in [2.05, 4.69) is 79.7 Å². The van der Waals surface area contributed by atoms with E-state index >= 15 is 0 Å². The fourth-order valence-corrected chi connectivity index (χ4v) is 11.1. The van der Waals surface area contributed by atoms with Gasteiger partial charge in [0.15, 0.2) is 6.73 Å². The molecule has 0 saturated carbocycles. The number of ether oxygens (including phenoxy) is 6. The average Bonchev–Trinajstić information content (AvgIpc) is 3.75. The van der Waals surface area contributed by atoms with E-state index in [0.29, 0.717) is 62.9 Å². The highest BCUT2D eigenvalue weighted by atomic mass is 32.2. The Hall–Kier alpha value is -7.31. The number of fused-ring (bicyclic) bond motifs is 1. The SMILES string of the molecule is CC.Cc1cc(OCc2ccccc2)c([C@@H]2S[C@H](COCc3ccccc3)[C@@H](OCc3ccccc3)[C@H](OCc3ccccc3)[C@H]2OCc2ccccc2)cc1Cc1ccc(OCN2C(=O)c3ccccc3C2=O)cc1. The van der Waals surface area contributed by atoms with E-state index in [1.165, 1.54) is 0 Å². The number of amides is 2. The van der Waals surface area contributed by atoms with Gasteiger partial charge in [0.1, 0.15) is 36.4 Å². The molecule has 0 aliphatic carbocycles. The number of hydrogen-bond donors (Lipinski definition) is 0. The van der Waals surface area contributed by atoms with Crippen LogP contribution in [0.2, 0.25) is 0 Å². The van der Waals surface area contributed by atoms with Gasteiger partial charge in [-0.1, -0.05) is 196 Å². The van der Waals surface area contributed by atoms with Crippen molar-refractivity contribution in [3.8, 4) is 11.5 Å². The Labute approximate surface area is 451 Å². The zero-order chi connectivity index (χ0) is 52.5. The van der Waals surface area contributed by atoms with Crippen molar-refractivity contribution in [3.63, 3.8) is 0 Å². The molecule has 0 bridgehead atoms. The van der Waals surface area contributed by atoms with E-state index in [-0.39, 0.29) is 29.0 Å². The lowest BCUT2D eigenvalue weighted by Crippen LogP contribution is -2.54. The number of hydrogen-bond acceptors (Lipinski definition) is 9. The Morgan fingerprint density at radius 3 is 1.42 bits per heavy atom. The minimum atomic E-state index is -0.543. The molecule has 5 atom stereocenters. The summed E-state index contributed by atoms with van der Waals surface area (Å²) in [6.07, 6.45) is -0.876. The first kappa shape index (κ1) is 53.5. The van der Waals surface area contributed by atoms with E-state index < -0.39 is 18.3 Å². The molecule has 9 nitrogen and oxygen atoms in total. The standard InChI is InChI=1S/C64H59NO8S.C2H6/c1-45-35-57(69-39-48-21-9-3-10-22-48)56(37-52(45)36-46-31-33-53(34-32-46)73-44-65-63(66)54-29-17-18-30-55(54)64(65)67)62-61(72-42-51-27-15-6-16-28-51)60(71-41-50-25-13-5-14-26-50)59(70-40-49-23-11-4-12-24-49)58(74-62)43-68-38-47-19-7-2-8-20-47;1-2/h2-35,37,58-62H,36,38-44H2,1H3;1-2H3/t58-,59-,60+,61-,62+;/m1./s1. The summed E-state index contributed by atoms with van der Waals surface area (Å²) in [4.78, 5) is 27.2. The van der Waals surface area contributed by atoms with Gasteiger partial charge in [0.25, 0.3) is 11.8 Å². The van der Waals surface area contributed by atoms with Gasteiger partial charge in [0.2, 0.25) is 0 Å². The Morgan fingerprint density at radius 2 is 0.908 bits per heavy atom. The molecule has 0 unspecified atom stereocenters. The molecule has 2 aliphatic rings. The molecule has 2 amide bonds. The monoisotopic (exact) mass is 1030 g/mol. The maximum Gasteiger partial charge on any atom is 0.264 e. The molecule has 0 N–H and O–H groups in total. The second-order valence-electron chi connectivity index (χ2n) is 18.6. The van der Waals surface area contributed by atoms with Crippen molar-refractivity contribution >= 4 is 23.6 Å². The molecule has 76 heavy (non-hydrogen) atoms. The minimum absolute atomic E-state index is 0.183. The highest BCUT2D eigenvalue weighted by Gasteiger charge is 2.49. The number of carbonyl (C=O) groups is 2. The van der Waals surface area contributed by atoms with Crippen LogP contribution in [0.5, 0.6) is 11.5 Å². The summed E-state index contributed by atoms with van der Waals surface area (Å²) in [6.45, 7) is 8.26.